The highest BCUT2D eigenvalue weighted by molar-refractivity contribution is 6.00. The van der Waals surface area contributed by atoms with Crippen molar-refractivity contribution in [3.05, 3.63) is 90.3 Å². The molecule has 2 aromatic heterocycles. The molecule has 0 aliphatic carbocycles. The zero-order valence-electron chi connectivity index (χ0n) is 16.2. The van der Waals surface area contributed by atoms with Crippen LogP contribution in [0.15, 0.2) is 79.1 Å². The zero-order valence-corrected chi connectivity index (χ0v) is 16.2. The van der Waals surface area contributed by atoms with Gasteiger partial charge in [0.25, 0.3) is 5.91 Å². The van der Waals surface area contributed by atoms with Gasteiger partial charge in [0.05, 0.1) is 0 Å². The lowest BCUT2D eigenvalue weighted by molar-refractivity contribution is -0.139. The van der Waals surface area contributed by atoms with Crippen LogP contribution >= 0.6 is 0 Å². The normalized spacial score (nSPS) is 11.9. The van der Waals surface area contributed by atoms with Gasteiger partial charge in [-0.1, -0.05) is 30.3 Å². The lowest BCUT2D eigenvalue weighted by Crippen LogP contribution is -2.41. The van der Waals surface area contributed by atoms with Gasteiger partial charge < -0.3 is 15.4 Å². The van der Waals surface area contributed by atoms with Crippen molar-refractivity contribution in [3.63, 3.8) is 0 Å². The number of fused-ring (bicyclic) bond motifs is 1. The molecule has 0 radical (unpaired) electrons. The van der Waals surface area contributed by atoms with Gasteiger partial charge in [0, 0.05) is 40.1 Å². The average Bonchev–Trinajstić information content (AvgIpc) is 3.21. The predicted molar refractivity (Wildman–Crippen MR) is 115 cm³/mol. The number of nitrogens with zero attached hydrogens (tertiary/aromatic N) is 1. The largest absolute Gasteiger partial charge is 0.480 e. The van der Waals surface area contributed by atoms with E-state index in [1.165, 1.54) is 0 Å². The van der Waals surface area contributed by atoms with Crippen molar-refractivity contribution in [2.24, 2.45) is 0 Å². The summed E-state index contributed by atoms with van der Waals surface area (Å²) >= 11 is 0. The maximum Gasteiger partial charge on any atom is 0.326 e. The van der Waals surface area contributed by atoms with Crippen LogP contribution in [-0.2, 0) is 11.2 Å². The maximum absolute atomic E-state index is 12.7. The number of pyridine rings is 1. The standard InChI is InChI=1S/C24H21N3O3/c28-23(27-21(24(29)30)8-6-16-4-2-1-3-5-16)18-7-9-20-19(14-18)15-22(26-20)17-10-12-25-13-11-17/h1-5,7,9-15,21,26H,6,8H2,(H,27,28)(H,29,30). The van der Waals surface area contributed by atoms with E-state index < -0.39 is 17.9 Å². The van der Waals surface area contributed by atoms with Gasteiger partial charge in [-0.25, -0.2) is 4.79 Å². The summed E-state index contributed by atoms with van der Waals surface area (Å²) in [6.07, 6.45) is 4.34. The summed E-state index contributed by atoms with van der Waals surface area (Å²) in [7, 11) is 0. The van der Waals surface area contributed by atoms with Crippen molar-refractivity contribution >= 4 is 22.8 Å². The van der Waals surface area contributed by atoms with Crippen LogP contribution in [0.3, 0.4) is 0 Å². The molecule has 2 heterocycles. The number of nitrogens with one attached hydrogen (secondary N) is 2. The van der Waals surface area contributed by atoms with Crippen LogP contribution in [0.1, 0.15) is 22.3 Å². The van der Waals surface area contributed by atoms with Gasteiger partial charge >= 0.3 is 5.97 Å². The Bertz CT molecular complexity index is 1170. The summed E-state index contributed by atoms with van der Waals surface area (Å²) in [5.74, 6) is -1.44. The van der Waals surface area contributed by atoms with Crippen LogP contribution in [-0.4, -0.2) is 33.0 Å². The number of carboxylic acids is 1. The molecule has 0 spiro atoms. The minimum Gasteiger partial charge on any atom is -0.480 e. The molecule has 0 saturated heterocycles. The fourth-order valence-electron chi connectivity index (χ4n) is 3.42. The Balaban J connectivity index is 1.49. The van der Waals surface area contributed by atoms with E-state index in [0.29, 0.717) is 18.4 Å². The molecule has 1 unspecified atom stereocenters. The summed E-state index contributed by atoms with van der Waals surface area (Å²) in [5, 5.41) is 13.1. The van der Waals surface area contributed by atoms with Gasteiger partial charge in [0.15, 0.2) is 0 Å². The first-order valence-electron chi connectivity index (χ1n) is 9.71. The van der Waals surface area contributed by atoms with Crippen LogP contribution in [0.2, 0.25) is 0 Å². The van der Waals surface area contributed by atoms with E-state index in [-0.39, 0.29) is 0 Å². The molecule has 0 fully saturated rings. The number of rotatable bonds is 7. The predicted octanol–water partition coefficient (Wildman–Crippen LogP) is 4.05. The van der Waals surface area contributed by atoms with E-state index in [4.69, 9.17) is 0 Å². The number of aliphatic carboxylic acids is 1. The first kappa shape index (κ1) is 19.4. The number of benzene rings is 2. The minimum atomic E-state index is -1.04. The van der Waals surface area contributed by atoms with Crippen LogP contribution in [0, 0.1) is 0 Å². The summed E-state index contributed by atoms with van der Waals surface area (Å²) in [6, 6.07) is 19.7. The molecule has 4 aromatic rings. The molecule has 1 amide bonds. The van der Waals surface area contributed by atoms with Crippen molar-refractivity contribution in [3.8, 4) is 11.3 Å². The second-order valence-corrected chi connectivity index (χ2v) is 7.11. The fraction of sp³-hybridized carbons (Fsp3) is 0.125. The number of carbonyl (C=O) groups is 2. The smallest absolute Gasteiger partial charge is 0.326 e. The monoisotopic (exact) mass is 399 g/mol. The van der Waals surface area contributed by atoms with E-state index in [0.717, 1.165) is 27.7 Å². The number of aryl methyl sites for hydroxylation is 1. The molecule has 0 bridgehead atoms. The first-order chi connectivity index (χ1) is 14.6. The molecule has 6 nitrogen and oxygen atoms in total. The van der Waals surface area contributed by atoms with E-state index in [1.807, 2.05) is 54.6 Å². The third-order valence-corrected chi connectivity index (χ3v) is 5.04. The number of carboxylic acid groups (broad SMARTS) is 1. The number of aromatic nitrogens is 2. The van der Waals surface area contributed by atoms with Gasteiger partial charge in [0.1, 0.15) is 6.04 Å². The number of amides is 1. The fourth-order valence-corrected chi connectivity index (χ4v) is 3.42. The molecule has 2 aromatic carbocycles. The maximum atomic E-state index is 12.7. The molecule has 30 heavy (non-hydrogen) atoms. The van der Waals surface area contributed by atoms with Crippen LogP contribution in [0.5, 0.6) is 0 Å². The number of H-pyrrole nitrogens is 1. The van der Waals surface area contributed by atoms with E-state index in [2.05, 4.69) is 15.3 Å². The average molecular weight is 399 g/mol. The first-order valence-corrected chi connectivity index (χ1v) is 9.71. The summed E-state index contributed by atoms with van der Waals surface area (Å²) in [4.78, 5) is 31.7. The molecule has 6 heteroatoms. The summed E-state index contributed by atoms with van der Waals surface area (Å²) < 4.78 is 0. The third-order valence-electron chi connectivity index (χ3n) is 5.04. The highest BCUT2D eigenvalue weighted by atomic mass is 16.4. The zero-order chi connectivity index (χ0) is 20.9. The van der Waals surface area contributed by atoms with Gasteiger partial charge in [0.2, 0.25) is 0 Å². The molecule has 4 rings (SSSR count). The van der Waals surface area contributed by atoms with Gasteiger partial charge in [-0.15, -0.1) is 0 Å². The summed E-state index contributed by atoms with van der Waals surface area (Å²) in [6.45, 7) is 0. The third kappa shape index (κ3) is 4.38. The molecular formula is C24H21N3O3. The topological polar surface area (TPSA) is 95.1 Å². The van der Waals surface area contributed by atoms with Crippen LogP contribution < -0.4 is 5.32 Å². The Morgan fingerprint density at radius 2 is 1.77 bits per heavy atom. The van der Waals surface area contributed by atoms with E-state index in [9.17, 15) is 14.7 Å². The van der Waals surface area contributed by atoms with Gasteiger partial charge in [-0.05, 0) is 54.8 Å². The van der Waals surface area contributed by atoms with Crippen molar-refractivity contribution in [2.75, 3.05) is 0 Å². The Morgan fingerprint density at radius 1 is 1.00 bits per heavy atom. The highest BCUT2D eigenvalue weighted by Crippen LogP contribution is 2.24. The van der Waals surface area contributed by atoms with Gasteiger partial charge in [-0.2, -0.15) is 0 Å². The quantitative estimate of drug-likeness (QED) is 0.437. The molecule has 0 aliphatic rings. The van der Waals surface area contributed by atoms with Crippen molar-refractivity contribution in [2.45, 2.75) is 18.9 Å². The Hall–Kier alpha value is -3.93. The van der Waals surface area contributed by atoms with Crippen molar-refractivity contribution in [1.29, 1.82) is 0 Å². The number of hydrogen-bond donors (Lipinski definition) is 3. The number of carbonyl (C=O) groups excluding carboxylic acids is 1. The number of aromatic amines is 1. The van der Waals surface area contributed by atoms with Crippen LogP contribution in [0.4, 0.5) is 0 Å². The lowest BCUT2D eigenvalue weighted by Gasteiger charge is -2.14. The van der Waals surface area contributed by atoms with Crippen molar-refractivity contribution < 1.29 is 14.7 Å². The number of hydrogen-bond acceptors (Lipinski definition) is 3. The second-order valence-electron chi connectivity index (χ2n) is 7.11. The Morgan fingerprint density at radius 3 is 2.50 bits per heavy atom. The molecular weight excluding hydrogens is 378 g/mol. The summed E-state index contributed by atoms with van der Waals surface area (Å²) in [5.41, 5.74) is 4.29. The molecule has 1 atom stereocenters. The Kier molecular flexibility index (Phi) is 5.57. The molecule has 3 N–H and O–H groups in total. The Labute approximate surface area is 173 Å². The van der Waals surface area contributed by atoms with Crippen molar-refractivity contribution in [1.82, 2.24) is 15.3 Å². The lowest BCUT2D eigenvalue weighted by atomic mass is 10.0. The molecule has 0 aliphatic heterocycles. The minimum absolute atomic E-state index is 0.323. The molecule has 150 valence electrons. The van der Waals surface area contributed by atoms with E-state index in [1.54, 1.807) is 24.5 Å². The molecule has 0 saturated carbocycles. The van der Waals surface area contributed by atoms with E-state index >= 15 is 0 Å². The van der Waals surface area contributed by atoms with Gasteiger partial charge in [-0.3, -0.25) is 9.78 Å². The SMILES string of the molecule is O=C(NC(CCc1ccccc1)C(=O)O)c1ccc2[nH]c(-c3ccncc3)cc2c1. The second kappa shape index (κ2) is 8.61. The highest BCUT2D eigenvalue weighted by Gasteiger charge is 2.21. The van der Waals surface area contributed by atoms with Crippen LogP contribution in [0.25, 0.3) is 22.2 Å².